The third kappa shape index (κ3) is 3.48. The molecular formula is C14H13BrN2O3S. The standard InChI is InChI=1S/C14H13BrN2O3S/c1-9-7-11(16)5-6-13(9)21(20)8-10-3-2-4-12(14(10)15)17(18)19/h2-7H,8,16H2,1H3. The van der Waals surface area contributed by atoms with Crippen molar-refractivity contribution in [3.8, 4) is 0 Å². The molecular weight excluding hydrogens is 356 g/mol. The normalized spacial score (nSPS) is 12.1. The number of hydrogen-bond acceptors (Lipinski definition) is 4. The van der Waals surface area contributed by atoms with Gasteiger partial charge in [-0.25, -0.2) is 0 Å². The van der Waals surface area contributed by atoms with Gasteiger partial charge in [0.2, 0.25) is 0 Å². The Morgan fingerprint density at radius 1 is 1.33 bits per heavy atom. The first kappa shape index (κ1) is 15.7. The van der Waals surface area contributed by atoms with Crippen LogP contribution >= 0.6 is 15.9 Å². The molecule has 0 aliphatic carbocycles. The fourth-order valence-corrected chi connectivity index (χ4v) is 4.02. The van der Waals surface area contributed by atoms with E-state index in [0.29, 0.717) is 20.6 Å². The van der Waals surface area contributed by atoms with E-state index >= 15 is 0 Å². The van der Waals surface area contributed by atoms with Gasteiger partial charge in [-0.2, -0.15) is 0 Å². The van der Waals surface area contributed by atoms with Gasteiger partial charge in [-0.15, -0.1) is 0 Å². The summed E-state index contributed by atoms with van der Waals surface area (Å²) in [6.45, 7) is 1.84. The van der Waals surface area contributed by atoms with Crippen molar-refractivity contribution >= 4 is 38.1 Å². The summed E-state index contributed by atoms with van der Waals surface area (Å²) < 4.78 is 12.8. The van der Waals surface area contributed by atoms with Crippen LogP contribution in [0, 0.1) is 17.0 Å². The van der Waals surface area contributed by atoms with Crippen LogP contribution in [0.15, 0.2) is 45.8 Å². The molecule has 2 aromatic carbocycles. The number of nitrogen functional groups attached to an aromatic ring is 1. The maximum atomic E-state index is 12.5. The van der Waals surface area contributed by atoms with E-state index in [1.165, 1.54) is 6.07 Å². The Kier molecular flexibility index (Phi) is 4.74. The number of anilines is 1. The summed E-state index contributed by atoms with van der Waals surface area (Å²) in [5, 5.41) is 10.9. The molecule has 2 aromatic rings. The van der Waals surface area contributed by atoms with Gasteiger partial charge in [-0.3, -0.25) is 14.3 Å². The van der Waals surface area contributed by atoms with E-state index < -0.39 is 15.7 Å². The molecule has 21 heavy (non-hydrogen) atoms. The summed E-state index contributed by atoms with van der Waals surface area (Å²) in [4.78, 5) is 11.1. The second-order valence-electron chi connectivity index (χ2n) is 4.52. The number of hydrogen-bond donors (Lipinski definition) is 1. The van der Waals surface area contributed by atoms with Crippen molar-refractivity contribution in [2.24, 2.45) is 0 Å². The Labute approximate surface area is 132 Å². The summed E-state index contributed by atoms with van der Waals surface area (Å²) in [6, 6.07) is 9.91. The molecule has 7 heteroatoms. The smallest absolute Gasteiger partial charge is 0.283 e. The molecule has 0 bridgehead atoms. The Hall–Kier alpha value is -1.73. The van der Waals surface area contributed by atoms with Gasteiger partial charge in [0, 0.05) is 16.6 Å². The molecule has 1 unspecified atom stereocenters. The second-order valence-corrected chi connectivity index (χ2v) is 6.73. The predicted octanol–water partition coefficient (Wildman–Crippen LogP) is 3.56. The first-order valence-corrected chi connectivity index (χ1v) is 8.17. The Morgan fingerprint density at radius 3 is 2.67 bits per heavy atom. The number of aryl methyl sites for hydroxylation is 1. The lowest BCUT2D eigenvalue weighted by molar-refractivity contribution is -0.385. The third-order valence-corrected chi connectivity index (χ3v) is 5.42. The molecule has 0 aliphatic rings. The van der Waals surface area contributed by atoms with Crippen molar-refractivity contribution < 1.29 is 9.13 Å². The van der Waals surface area contributed by atoms with Crippen molar-refractivity contribution in [2.45, 2.75) is 17.6 Å². The maximum Gasteiger partial charge on any atom is 0.283 e. The Balaban J connectivity index is 2.32. The molecule has 0 radical (unpaired) electrons. The topological polar surface area (TPSA) is 86.2 Å². The van der Waals surface area contributed by atoms with Crippen LogP contribution in [-0.4, -0.2) is 9.13 Å². The molecule has 5 nitrogen and oxygen atoms in total. The summed E-state index contributed by atoms with van der Waals surface area (Å²) in [5.74, 6) is 0.201. The van der Waals surface area contributed by atoms with E-state index in [0.717, 1.165) is 5.56 Å². The number of benzene rings is 2. The van der Waals surface area contributed by atoms with E-state index in [4.69, 9.17) is 5.73 Å². The van der Waals surface area contributed by atoms with Gasteiger partial charge in [0.25, 0.3) is 5.69 Å². The van der Waals surface area contributed by atoms with Crippen LogP contribution < -0.4 is 5.73 Å². The molecule has 0 saturated carbocycles. The third-order valence-electron chi connectivity index (χ3n) is 2.99. The average molecular weight is 369 g/mol. The highest BCUT2D eigenvalue weighted by molar-refractivity contribution is 9.10. The van der Waals surface area contributed by atoms with E-state index in [1.54, 1.807) is 30.3 Å². The van der Waals surface area contributed by atoms with Gasteiger partial charge in [-0.05, 0) is 52.2 Å². The maximum absolute atomic E-state index is 12.5. The van der Waals surface area contributed by atoms with Gasteiger partial charge in [-0.1, -0.05) is 12.1 Å². The molecule has 0 fully saturated rings. The summed E-state index contributed by atoms with van der Waals surface area (Å²) in [5.41, 5.74) is 7.74. The first-order chi connectivity index (χ1) is 9.90. The molecule has 0 saturated heterocycles. The van der Waals surface area contributed by atoms with Crippen LogP contribution in [0.2, 0.25) is 0 Å². The van der Waals surface area contributed by atoms with E-state index in [9.17, 15) is 14.3 Å². The quantitative estimate of drug-likeness (QED) is 0.507. The van der Waals surface area contributed by atoms with Crippen LogP contribution in [0.5, 0.6) is 0 Å². The number of nitro groups is 1. The highest BCUT2D eigenvalue weighted by atomic mass is 79.9. The van der Waals surface area contributed by atoms with Crippen LogP contribution in [0.4, 0.5) is 11.4 Å². The minimum absolute atomic E-state index is 0.0291. The Bertz CT molecular complexity index is 734. The van der Waals surface area contributed by atoms with Gasteiger partial charge < -0.3 is 5.73 Å². The fraction of sp³-hybridized carbons (Fsp3) is 0.143. The highest BCUT2D eigenvalue weighted by Crippen LogP contribution is 2.30. The van der Waals surface area contributed by atoms with Crippen LogP contribution in [0.25, 0.3) is 0 Å². The van der Waals surface area contributed by atoms with E-state index in [-0.39, 0.29) is 11.4 Å². The monoisotopic (exact) mass is 368 g/mol. The minimum atomic E-state index is -1.29. The van der Waals surface area contributed by atoms with Crippen molar-refractivity contribution in [1.82, 2.24) is 0 Å². The summed E-state index contributed by atoms with van der Waals surface area (Å²) in [7, 11) is -1.29. The van der Waals surface area contributed by atoms with Crippen LogP contribution in [0.3, 0.4) is 0 Å². The lowest BCUT2D eigenvalue weighted by Crippen LogP contribution is -2.01. The van der Waals surface area contributed by atoms with Crippen molar-refractivity contribution in [1.29, 1.82) is 0 Å². The van der Waals surface area contributed by atoms with Gasteiger partial charge in [0.1, 0.15) is 0 Å². The lowest BCUT2D eigenvalue weighted by atomic mass is 10.2. The van der Waals surface area contributed by atoms with Crippen molar-refractivity contribution in [3.05, 3.63) is 62.1 Å². The lowest BCUT2D eigenvalue weighted by Gasteiger charge is -2.08. The number of nitrogens with two attached hydrogens (primary N) is 1. The molecule has 2 N–H and O–H groups in total. The zero-order valence-corrected chi connectivity index (χ0v) is 13.6. The summed E-state index contributed by atoms with van der Waals surface area (Å²) in [6.07, 6.45) is 0. The Morgan fingerprint density at radius 2 is 2.05 bits per heavy atom. The average Bonchev–Trinajstić information content (AvgIpc) is 2.40. The number of halogens is 1. The van der Waals surface area contributed by atoms with Gasteiger partial charge in [0.15, 0.2) is 0 Å². The largest absolute Gasteiger partial charge is 0.399 e. The van der Waals surface area contributed by atoms with Crippen molar-refractivity contribution in [2.75, 3.05) is 5.73 Å². The minimum Gasteiger partial charge on any atom is -0.399 e. The fourth-order valence-electron chi connectivity index (χ4n) is 1.97. The molecule has 110 valence electrons. The molecule has 0 aromatic heterocycles. The number of rotatable bonds is 4. The zero-order chi connectivity index (χ0) is 15.6. The molecule has 0 amide bonds. The number of nitrogens with zero attached hydrogens (tertiary/aromatic N) is 1. The highest BCUT2D eigenvalue weighted by Gasteiger charge is 2.17. The molecule has 0 spiro atoms. The first-order valence-electron chi connectivity index (χ1n) is 6.06. The second kappa shape index (κ2) is 6.36. The van der Waals surface area contributed by atoms with Gasteiger partial charge in [0.05, 0.1) is 25.9 Å². The van der Waals surface area contributed by atoms with E-state index in [2.05, 4.69) is 15.9 Å². The van der Waals surface area contributed by atoms with Crippen LogP contribution in [0.1, 0.15) is 11.1 Å². The van der Waals surface area contributed by atoms with Gasteiger partial charge >= 0.3 is 0 Å². The van der Waals surface area contributed by atoms with Crippen molar-refractivity contribution in [3.63, 3.8) is 0 Å². The van der Waals surface area contributed by atoms with Crippen LogP contribution in [-0.2, 0) is 16.6 Å². The zero-order valence-electron chi connectivity index (χ0n) is 11.2. The SMILES string of the molecule is Cc1cc(N)ccc1S(=O)Cc1cccc([N+](=O)[O-])c1Br. The molecule has 1 atom stereocenters. The molecule has 0 aliphatic heterocycles. The molecule has 0 heterocycles. The summed E-state index contributed by atoms with van der Waals surface area (Å²) >= 11 is 3.22. The van der Waals surface area contributed by atoms with E-state index in [1.807, 2.05) is 6.92 Å². The predicted molar refractivity (Wildman–Crippen MR) is 86.5 cm³/mol. The molecule has 2 rings (SSSR count). The number of nitro benzene ring substituents is 1.